The Morgan fingerprint density at radius 3 is 1.89 bits per heavy atom. The zero-order chi connectivity index (χ0) is 61.6. The van der Waals surface area contributed by atoms with Gasteiger partial charge < -0.3 is 103 Å². The standard InChI is InChI=1S/C56H88O27S/c1-24(2)11-10-16-55(8)46-28(74-25(3)60)19-54(7)27-12-13-33-52(4,5)34(15-17-53(33,6)26(27)14-18-56(46,54)51(68)82-55)78-50-45(37(63)32(23-73-50)83-84(69,70)71)81-47-39(65)38(64)42(31(22-59)77-47)79-49-41(67)44(36(62)30(21-58)76-49)80-48-40(66)43(72-9)35(61)29(20-57)75-48/h12,26,28-50,57-59,61-67H,1,10-11,13-23H2,2-9H3,(H,69,70,71)/t26-,28-,29+,30+,31+,32+,33-,34-,35+,36+,37+,38+,39+,40+,41+,42-,43-,44-,45-,46+,47-,48-,49-,50+,53+,54-,55-,56+/m0/s1. The Morgan fingerprint density at radius 1 is 0.714 bits per heavy atom. The monoisotopic (exact) mass is 1220 g/mol. The van der Waals surface area contributed by atoms with Crippen molar-refractivity contribution < 1.29 is 130 Å². The van der Waals surface area contributed by atoms with Crippen molar-refractivity contribution in [3.63, 3.8) is 0 Å². The molecule has 28 atom stereocenters. The number of carbonyl (C=O) groups is 2. The Bertz CT molecular complexity index is 2520. The number of hydrogen-bond acceptors (Lipinski definition) is 26. The van der Waals surface area contributed by atoms with Crippen LogP contribution in [-0.2, 0) is 76.3 Å². The summed E-state index contributed by atoms with van der Waals surface area (Å²) in [4.78, 5) is 27.5. The number of hydrogen-bond donors (Lipinski definition) is 11. The fourth-order valence-electron chi connectivity index (χ4n) is 16.7. The molecule has 9 aliphatic rings. The van der Waals surface area contributed by atoms with Crippen LogP contribution in [0, 0.1) is 39.4 Å². The van der Waals surface area contributed by atoms with Crippen molar-refractivity contribution in [2.45, 2.75) is 241 Å². The Morgan fingerprint density at radius 2 is 1.30 bits per heavy atom. The predicted octanol–water partition coefficient (Wildman–Crippen LogP) is -1.05. The zero-order valence-corrected chi connectivity index (χ0v) is 49.5. The lowest BCUT2D eigenvalue weighted by Crippen LogP contribution is -2.67. The van der Waals surface area contributed by atoms with Crippen LogP contribution in [0.3, 0.4) is 0 Å². The molecule has 0 radical (unpaired) electrons. The van der Waals surface area contributed by atoms with Gasteiger partial charge in [-0.2, -0.15) is 8.42 Å². The van der Waals surface area contributed by atoms with Gasteiger partial charge in [-0.3, -0.25) is 14.1 Å². The van der Waals surface area contributed by atoms with Crippen LogP contribution in [0.2, 0.25) is 0 Å². The summed E-state index contributed by atoms with van der Waals surface area (Å²) in [6.07, 6.45) is -27.5. The molecule has 0 amide bonds. The normalized spacial score (nSPS) is 49.1. The van der Waals surface area contributed by atoms with Crippen LogP contribution >= 0.6 is 0 Å². The van der Waals surface area contributed by atoms with Crippen molar-refractivity contribution in [2.24, 2.45) is 39.4 Å². The predicted molar refractivity (Wildman–Crippen MR) is 283 cm³/mol. The van der Waals surface area contributed by atoms with Crippen molar-refractivity contribution in [1.29, 1.82) is 0 Å². The molecular formula is C56H88O27S. The van der Waals surface area contributed by atoms with Gasteiger partial charge in [0.2, 0.25) is 0 Å². The van der Waals surface area contributed by atoms with E-state index in [1.54, 1.807) is 0 Å². The maximum atomic E-state index is 14.7. The SMILES string of the molecule is C=C(C)CCC[C@]1(C)OC(=O)[C@]23CC[C@H]4C(=CC[C@H]5C(C)(C)[C@@H](O[C@H]6OC[C@@H](OS(=O)(=O)O)[C@@H](O)[C@@H]6O[C@@H]6O[C@H](CO)[C@H](O[C@@H]7O[C@H](CO)[C@@H](O)[C@H](O[C@@H]8O[C@H](CO)[C@@H](O)[C@H](OC)[C@H]8O)[C@H]7O)[C@H](O)[C@H]6O)CC[C@]45C)[C@]2(C)C[C@H](OC(C)=O)[C@@H]31. The molecule has 28 heteroatoms. The molecule has 5 saturated heterocycles. The van der Waals surface area contributed by atoms with E-state index in [-0.39, 0.29) is 29.1 Å². The van der Waals surface area contributed by atoms with E-state index in [0.29, 0.717) is 44.9 Å². The molecule has 480 valence electrons. The minimum absolute atomic E-state index is 0.00820. The topological polar surface area (TPSA) is 402 Å². The molecule has 0 unspecified atom stereocenters. The molecule has 27 nitrogen and oxygen atoms in total. The summed E-state index contributed by atoms with van der Waals surface area (Å²) in [5.74, 6) is -1.10. The van der Waals surface area contributed by atoms with Gasteiger partial charge in [0, 0.05) is 19.4 Å². The Hall–Kier alpha value is -2.47. The largest absolute Gasteiger partial charge is 0.462 e. The zero-order valence-electron chi connectivity index (χ0n) is 48.7. The first-order valence-corrected chi connectivity index (χ1v) is 30.5. The number of esters is 2. The van der Waals surface area contributed by atoms with E-state index < -0.39 is 194 Å². The number of rotatable bonds is 19. The Balaban J connectivity index is 0.926. The van der Waals surface area contributed by atoms with Crippen LogP contribution in [0.1, 0.15) is 106 Å². The Kier molecular flexibility index (Phi) is 19.4. The molecule has 8 fully saturated rings. The number of fused-ring (bicyclic) bond motifs is 4. The first kappa shape index (κ1) is 66.0. The van der Waals surface area contributed by atoms with E-state index in [4.69, 9.17) is 56.3 Å². The van der Waals surface area contributed by atoms with E-state index in [1.165, 1.54) is 14.0 Å². The summed E-state index contributed by atoms with van der Waals surface area (Å²) < 4.78 is 104. The molecule has 0 bridgehead atoms. The molecule has 0 aromatic carbocycles. The van der Waals surface area contributed by atoms with Crippen LogP contribution in [0.4, 0.5) is 0 Å². The van der Waals surface area contributed by atoms with Crippen molar-refractivity contribution >= 4 is 22.3 Å². The lowest BCUT2D eigenvalue weighted by molar-refractivity contribution is -0.391. The second-order valence-corrected chi connectivity index (χ2v) is 27.1. The third-order valence-electron chi connectivity index (χ3n) is 20.7. The van der Waals surface area contributed by atoms with Crippen molar-refractivity contribution in [2.75, 3.05) is 33.5 Å². The van der Waals surface area contributed by atoms with Crippen LogP contribution < -0.4 is 0 Å². The summed E-state index contributed by atoms with van der Waals surface area (Å²) >= 11 is 0. The summed E-state index contributed by atoms with van der Waals surface area (Å²) in [7, 11) is -4.05. The lowest BCUT2D eigenvalue weighted by atomic mass is 9.41. The maximum Gasteiger partial charge on any atom is 0.397 e. The van der Waals surface area contributed by atoms with Gasteiger partial charge in [0.05, 0.1) is 43.9 Å². The van der Waals surface area contributed by atoms with Gasteiger partial charge in [-0.05, 0) is 94.3 Å². The van der Waals surface area contributed by atoms with Gasteiger partial charge in [0.25, 0.3) is 0 Å². The maximum absolute atomic E-state index is 14.7. The summed E-state index contributed by atoms with van der Waals surface area (Å²) in [5.41, 5.74) is -1.36. The van der Waals surface area contributed by atoms with Gasteiger partial charge in [-0.1, -0.05) is 44.9 Å². The number of ether oxygens (including phenoxy) is 11. The van der Waals surface area contributed by atoms with E-state index in [9.17, 15) is 73.6 Å². The van der Waals surface area contributed by atoms with Crippen molar-refractivity contribution in [3.8, 4) is 0 Å². The lowest BCUT2D eigenvalue weighted by Gasteiger charge is -2.64. The van der Waals surface area contributed by atoms with E-state index >= 15 is 0 Å². The highest BCUT2D eigenvalue weighted by Gasteiger charge is 2.79. The fraction of sp³-hybridized carbons (Fsp3) is 0.893. The quantitative estimate of drug-likeness (QED) is 0.0418. The highest BCUT2D eigenvalue weighted by atomic mass is 32.3. The first-order chi connectivity index (χ1) is 39.4. The number of methoxy groups -OCH3 is 1. The molecule has 9 rings (SSSR count). The molecule has 5 heterocycles. The smallest absolute Gasteiger partial charge is 0.397 e. The molecule has 11 N–H and O–H groups in total. The number of aliphatic hydroxyl groups excluding tert-OH is 10. The molecule has 1 spiro atoms. The first-order valence-electron chi connectivity index (χ1n) is 29.1. The minimum Gasteiger partial charge on any atom is -0.462 e. The van der Waals surface area contributed by atoms with Gasteiger partial charge in [0.1, 0.15) is 103 Å². The van der Waals surface area contributed by atoms with Crippen LogP contribution in [0.25, 0.3) is 0 Å². The van der Waals surface area contributed by atoms with Crippen molar-refractivity contribution in [1.82, 2.24) is 0 Å². The van der Waals surface area contributed by atoms with Crippen LogP contribution in [0.5, 0.6) is 0 Å². The average molecular weight is 1230 g/mol. The molecule has 0 aromatic rings. The van der Waals surface area contributed by atoms with E-state index in [2.05, 4.69) is 40.3 Å². The molecule has 0 aromatic heterocycles. The molecule has 84 heavy (non-hydrogen) atoms. The number of allylic oxidation sites excluding steroid dienone is 3. The molecule has 5 aliphatic heterocycles. The van der Waals surface area contributed by atoms with Gasteiger partial charge >= 0.3 is 22.3 Å². The summed E-state index contributed by atoms with van der Waals surface area (Å²) in [6, 6.07) is 0. The van der Waals surface area contributed by atoms with Gasteiger partial charge in [-0.25, -0.2) is 4.18 Å². The highest BCUT2D eigenvalue weighted by molar-refractivity contribution is 7.80. The third kappa shape index (κ3) is 11.5. The van der Waals surface area contributed by atoms with E-state index in [0.717, 1.165) is 24.0 Å². The van der Waals surface area contributed by atoms with Crippen LogP contribution in [-0.4, -0.2) is 244 Å². The molecule has 4 aliphatic carbocycles. The van der Waals surface area contributed by atoms with Gasteiger partial charge in [-0.15, -0.1) is 6.58 Å². The second-order valence-electron chi connectivity index (χ2n) is 26.1. The van der Waals surface area contributed by atoms with Crippen LogP contribution in [0.15, 0.2) is 23.8 Å². The number of carbonyl (C=O) groups excluding carboxylic acids is 2. The Labute approximate surface area is 488 Å². The summed E-state index contributed by atoms with van der Waals surface area (Å²) in [5, 5.41) is 110. The fourth-order valence-corrected chi connectivity index (χ4v) is 17.2. The highest BCUT2D eigenvalue weighted by Crippen LogP contribution is 2.77. The number of cyclic esters (lactones) is 1. The second kappa shape index (κ2) is 24.7. The molecule has 3 saturated carbocycles. The van der Waals surface area contributed by atoms with E-state index in [1.807, 2.05) is 13.8 Å². The minimum atomic E-state index is -5.22. The van der Waals surface area contributed by atoms with Gasteiger partial charge in [0.15, 0.2) is 25.2 Å². The third-order valence-corrected chi connectivity index (χ3v) is 21.2. The van der Waals surface area contributed by atoms with Crippen molar-refractivity contribution in [3.05, 3.63) is 23.8 Å². The summed E-state index contributed by atoms with van der Waals surface area (Å²) in [6.45, 7) is 14.6. The molecular weight excluding hydrogens is 1140 g/mol. The number of aliphatic hydroxyl groups is 10. The average Bonchev–Trinajstić information content (AvgIpc) is 1.45.